The van der Waals surface area contributed by atoms with Crippen LogP contribution in [0.3, 0.4) is 0 Å². The summed E-state index contributed by atoms with van der Waals surface area (Å²) < 4.78 is 18.5. The van der Waals surface area contributed by atoms with Gasteiger partial charge in [0.25, 0.3) is 5.22 Å². The maximum atomic E-state index is 13.0. The van der Waals surface area contributed by atoms with Crippen molar-refractivity contribution in [2.75, 3.05) is 0 Å². The molecule has 0 saturated carbocycles. The molecule has 1 N–H and O–H groups in total. The van der Waals surface area contributed by atoms with Crippen LogP contribution < -0.4 is 5.32 Å². The van der Waals surface area contributed by atoms with Crippen LogP contribution in [0, 0.1) is 12.7 Å². The molecular formula is C19H18FN3O2S. The standard InChI is InChI=1S/C19H18FN3O2S/c1-12-3-5-14(6-4-12)11-21-17(24)13(2)26-19-23-22-18(25-19)15-7-9-16(20)10-8-15/h3-10,13H,11H2,1-2H3,(H,21,24)/t13-/m0/s1. The predicted molar refractivity (Wildman–Crippen MR) is 98.0 cm³/mol. The van der Waals surface area contributed by atoms with Crippen molar-refractivity contribution in [2.45, 2.75) is 30.9 Å². The van der Waals surface area contributed by atoms with E-state index in [1.54, 1.807) is 19.1 Å². The first-order valence-electron chi connectivity index (χ1n) is 8.10. The van der Waals surface area contributed by atoms with Crippen LogP contribution in [-0.4, -0.2) is 21.4 Å². The van der Waals surface area contributed by atoms with Gasteiger partial charge in [0.15, 0.2) is 0 Å². The topological polar surface area (TPSA) is 68.0 Å². The normalized spacial score (nSPS) is 12.0. The van der Waals surface area contributed by atoms with E-state index < -0.39 is 0 Å². The SMILES string of the molecule is Cc1ccc(CNC(=O)[C@H](C)Sc2nnc(-c3ccc(F)cc3)o2)cc1. The highest BCUT2D eigenvalue weighted by Crippen LogP contribution is 2.26. The minimum Gasteiger partial charge on any atom is -0.411 e. The van der Waals surface area contributed by atoms with E-state index in [1.807, 2.05) is 31.2 Å². The van der Waals surface area contributed by atoms with E-state index in [0.29, 0.717) is 23.2 Å². The molecule has 0 fully saturated rings. The lowest BCUT2D eigenvalue weighted by Crippen LogP contribution is -2.30. The Morgan fingerprint density at radius 2 is 1.85 bits per heavy atom. The van der Waals surface area contributed by atoms with Crippen molar-refractivity contribution in [3.05, 3.63) is 65.5 Å². The van der Waals surface area contributed by atoms with Crippen molar-refractivity contribution in [2.24, 2.45) is 0 Å². The average molecular weight is 371 g/mol. The number of benzene rings is 2. The molecule has 0 aliphatic heterocycles. The van der Waals surface area contributed by atoms with Gasteiger partial charge in [-0.1, -0.05) is 41.6 Å². The molecule has 134 valence electrons. The zero-order valence-electron chi connectivity index (χ0n) is 14.4. The molecule has 0 bridgehead atoms. The first-order chi connectivity index (χ1) is 12.5. The largest absolute Gasteiger partial charge is 0.411 e. The highest BCUT2D eigenvalue weighted by atomic mass is 32.2. The van der Waals surface area contributed by atoms with Crippen LogP contribution in [0.15, 0.2) is 58.2 Å². The summed E-state index contributed by atoms with van der Waals surface area (Å²) >= 11 is 1.18. The molecule has 1 aromatic heterocycles. The average Bonchev–Trinajstić information content (AvgIpc) is 3.10. The third-order valence-electron chi connectivity index (χ3n) is 3.73. The summed E-state index contributed by atoms with van der Waals surface area (Å²) in [5.74, 6) is -0.154. The Labute approximate surface area is 155 Å². The van der Waals surface area contributed by atoms with Crippen molar-refractivity contribution in [3.8, 4) is 11.5 Å². The number of nitrogens with one attached hydrogen (secondary N) is 1. The quantitative estimate of drug-likeness (QED) is 0.664. The molecular weight excluding hydrogens is 353 g/mol. The zero-order chi connectivity index (χ0) is 18.5. The van der Waals surface area contributed by atoms with Gasteiger partial charge in [0.05, 0.1) is 5.25 Å². The number of carbonyl (C=O) groups excluding carboxylic acids is 1. The molecule has 0 unspecified atom stereocenters. The van der Waals surface area contributed by atoms with Gasteiger partial charge < -0.3 is 9.73 Å². The first-order valence-corrected chi connectivity index (χ1v) is 8.98. The molecule has 7 heteroatoms. The van der Waals surface area contributed by atoms with Gasteiger partial charge in [-0.25, -0.2) is 4.39 Å². The lowest BCUT2D eigenvalue weighted by molar-refractivity contribution is -0.120. The number of amides is 1. The molecule has 0 aliphatic carbocycles. The molecule has 26 heavy (non-hydrogen) atoms. The van der Waals surface area contributed by atoms with Crippen LogP contribution >= 0.6 is 11.8 Å². The number of thioether (sulfide) groups is 1. The van der Waals surface area contributed by atoms with Gasteiger partial charge in [0, 0.05) is 12.1 Å². The number of hydrogen-bond acceptors (Lipinski definition) is 5. The molecule has 0 radical (unpaired) electrons. The van der Waals surface area contributed by atoms with Gasteiger partial charge in [-0.15, -0.1) is 10.2 Å². The van der Waals surface area contributed by atoms with Crippen LogP contribution in [-0.2, 0) is 11.3 Å². The monoisotopic (exact) mass is 371 g/mol. The van der Waals surface area contributed by atoms with E-state index in [9.17, 15) is 9.18 Å². The first kappa shape index (κ1) is 18.1. The molecule has 5 nitrogen and oxygen atoms in total. The van der Waals surface area contributed by atoms with Gasteiger partial charge in [-0.05, 0) is 43.7 Å². The summed E-state index contributed by atoms with van der Waals surface area (Å²) in [7, 11) is 0. The van der Waals surface area contributed by atoms with E-state index in [0.717, 1.165) is 5.56 Å². The maximum absolute atomic E-state index is 13.0. The summed E-state index contributed by atoms with van der Waals surface area (Å²) in [4.78, 5) is 12.2. The van der Waals surface area contributed by atoms with E-state index in [-0.39, 0.29) is 17.0 Å². The highest BCUT2D eigenvalue weighted by Gasteiger charge is 2.18. The predicted octanol–water partition coefficient (Wildman–Crippen LogP) is 3.98. The van der Waals surface area contributed by atoms with Crippen LogP contribution in [0.25, 0.3) is 11.5 Å². The fourth-order valence-corrected chi connectivity index (χ4v) is 2.92. The molecule has 1 atom stereocenters. The fourth-order valence-electron chi connectivity index (χ4n) is 2.21. The summed E-state index contributed by atoms with van der Waals surface area (Å²) in [5.41, 5.74) is 2.84. The van der Waals surface area contributed by atoms with Gasteiger partial charge in [0.1, 0.15) is 5.82 Å². The number of aromatic nitrogens is 2. The Bertz CT molecular complexity index is 879. The van der Waals surface area contributed by atoms with E-state index in [4.69, 9.17) is 4.42 Å². The highest BCUT2D eigenvalue weighted by molar-refractivity contribution is 8.00. The number of carbonyl (C=O) groups is 1. The lowest BCUT2D eigenvalue weighted by Gasteiger charge is -2.10. The number of halogens is 1. The molecule has 0 aliphatic rings. The van der Waals surface area contributed by atoms with Crippen molar-refractivity contribution in [1.29, 1.82) is 0 Å². The molecule has 0 saturated heterocycles. The van der Waals surface area contributed by atoms with E-state index in [1.165, 1.54) is 29.5 Å². The van der Waals surface area contributed by atoms with Crippen LogP contribution in [0.4, 0.5) is 4.39 Å². The Kier molecular flexibility index (Phi) is 5.68. The van der Waals surface area contributed by atoms with Crippen LogP contribution in [0.5, 0.6) is 0 Å². The zero-order valence-corrected chi connectivity index (χ0v) is 15.2. The number of aryl methyl sites for hydroxylation is 1. The third kappa shape index (κ3) is 4.70. The lowest BCUT2D eigenvalue weighted by atomic mass is 10.1. The van der Waals surface area contributed by atoms with E-state index >= 15 is 0 Å². The summed E-state index contributed by atoms with van der Waals surface area (Å²) in [6.45, 7) is 4.26. The second-order valence-corrected chi connectivity index (χ2v) is 7.14. The molecule has 1 amide bonds. The second-order valence-electron chi connectivity index (χ2n) is 5.84. The van der Waals surface area contributed by atoms with Gasteiger partial charge >= 0.3 is 0 Å². The van der Waals surface area contributed by atoms with Gasteiger partial charge in [0.2, 0.25) is 11.8 Å². The minimum absolute atomic E-state index is 0.114. The van der Waals surface area contributed by atoms with Crippen LogP contribution in [0.2, 0.25) is 0 Å². The van der Waals surface area contributed by atoms with Crippen molar-refractivity contribution in [1.82, 2.24) is 15.5 Å². The number of nitrogens with zero attached hydrogens (tertiary/aromatic N) is 2. The minimum atomic E-state index is -0.387. The van der Waals surface area contributed by atoms with Gasteiger partial charge in [-0.2, -0.15) is 0 Å². The maximum Gasteiger partial charge on any atom is 0.277 e. The summed E-state index contributed by atoms with van der Waals surface area (Å²) in [6, 6.07) is 13.8. The van der Waals surface area contributed by atoms with Gasteiger partial charge in [-0.3, -0.25) is 4.79 Å². The fraction of sp³-hybridized carbons (Fsp3) is 0.211. The Morgan fingerprint density at radius 3 is 2.54 bits per heavy atom. The second kappa shape index (κ2) is 8.14. The Hall–Kier alpha value is -2.67. The van der Waals surface area contributed by atoms with Crippen molar-refractivity contribution >= 4 is 17.7 Å². The summed E-state index contributed by atoms with van der Waals surface area (Å²) in [6.07, 6.45) is 0. The Morgan fingerprint density at radius 1 is 1.15 bits per heavy atom. The third-order valence-corrected chi connectivity index (χ3v) is 4.67. The smallest absolute Gasteiger partial charge is 0.277 e. The van der Waals surface area contributed by atoms with Crippen molar-refractivity contribution in [3.63, 3.8) is 0 Å². The molecule has 1 heterocycles. The Balaban J connectivity index is 1.55. The number of hydrogen-bond donors (Lipinski definition) is 1. The van der Waals surface area contributed by atoms with E-state index in [2.05, 4.69) is 15.5 Å². The molecule has 3 rings (SSSR count). The van der Waals surface area contributed by atoms with Crippen molar-refractivity contribution < 1.29 is 13.6 Å². The molecule has 2 aromatic carbocycles. The summed E-state index contributed by atoms with van der Waals surface area (Å²) in [5, 5.41) is 10.7. The number of rotatable bonds is 6. The molecule has 3 aromatic rings. The van der Waals surface area contributed by atoms with Crippen LogP contribution in [0.1, 0.15) is 18.1 Å². The molecule has 0 spiro atoms.